The maximum absolute atomic E-state index is 13.1. The molecule has 0 aromatic heterocycles. The lowest BCUT2D eigenvalue weighted by atomic mass is 10.2. The van der Waals surface area contributed by atoms with Gasteiger partial charge in [-0.3, -0.25) is 4.79 Å². The van der Waals surface area contributed by atoms with Gasteiger partial charge in [-0.05, 0) is 40.5 Å². The van der Waals surface area contributed by atoms with Crippen LogP contribution in [-0.4, -0.2) is 5.91 Å². The van der Waals surface area contributed by atoms with E-state index in [9.17, 15) is 9.18 Å². The quantitative estimate of drug-likeness (QED) is 0.848. The van der Waals surface area contributed by atoms with Crippen LogP contribution in [0.1, 0.15) is 18.4 Å². The number of carbonyl (C=O) groups is 1. The standard InChI is InChI=1S/C12H11BrFNO/c1-3-4-5-12(16)15-11-7-9(13)10(14)6-8(11)2/h1,6-7H,4-5H2,2H3,(H,15,16). The first-order valence-corrected chi connectivity index (χ1v) is 5.53. The van der Waals surface area contributed by atoms with Gasteiger partial charge in [0.05, 0.1) is 4.47 Å². The lowest BCUT2D eigenvalue weighted by Crippen LogP contribution is -2.12. The molecule has 2 nitrogen and oxygen atoms in total. The number of terminal acetylenes is 1. The minimum Gasteiger partial charge on any atom is -0.326 e. The molecule has 0 aliphatic carbocycles. The largest absolute Gasteiger partial charge is 0.326 e. The molecule has 1 amide bonds. The summed E-state index contributed by atoms with van der Waals surface area (Å²) in [5.41, 5.74) is 1.27. The Morgan fingerprint density at radius 2 is 2.31 bits per heavy atom. The molecular weight excluding hydrogens is 273 g/mol. The summed E-state index contributed by atoms with van der Waals surface area (Å²) in [6.45, 7) is 1.73. The fourth-order valence-electron chi connectivity index (χ4n) is 1.18. The van der Waals surface area contributed by atoms with Crippen molar-refractivity contribution in [3.8, 4) is 12.3 Å². The highest BCUT2D eigenvalue weighted by Crippen LogP contribution is 2.24. The molecule has 0 unspecified atom stereocenters. The van der Waals surface area contributed by atoms with Crippen molar-refractivity contribution in [2.75, 3.05) is 5.32 Å². The van der Waals surface area contributed by atoms with E-state index in [1.54, 1.807) is 13.0 Å². The number of anilines is 1. The van der Waals surface area contributed by atoms with Crippen LogP contribution in [0.4, 0.5) is 10.1 Å². The highest BCUT2D eigenvalue weighted by Gasteiger charge is 2.07. The lowest BCUT2D eigenvalue weighted by Gasteiger charge is -2.08. The zero-order valence-electron chi connectivity index (χ0n) is 8.81. The van der Waals surface area contributed by atoms with E-state index in [0.29, 0.717) is 22.1 Å². The van der Waals surface area contributed by atoms with Crippen LogP contribution in [0.15, 0.2) is 16.6 Å². The average molecular weight is 284 g/mol. The molecule has 0 saturated heterocycles. The second kappa shape index (κ2) is 5.66. The highest BCUT2D eigenvalue weighted by atomic mass is 79.9. The predicted octanol–water partition coefficient (Wildman–Crippen LogP) is 3.25. The monoisotopic (exact) mass is 283 g/mol. The van der Waals surface area contributed by atoms with Crippen LogP contribution in [0.3, 0.4) is 0 Å². The van der Waals surface area contributed by atoms with Crippen molar-refractivity contribution >= 4 is 27.5 Å². The Hall–Kier alpha value is -1.34. The molecule has 0 fully saturated rings. The van der Waals surface area contributed by atoms with Crippen LogP contribution in [0.2, 0.25) is 0 Å². The number of hydrogen-bond acceptors (Lipinski definition) is 1. The van der Waals surface area contributed by atoms with Crippen molar-refractivity contribution in [2.45, 2.75) is 19.8 Å². The van der Waals surface area contributed by atoms with Gasteiger partial charge in [-0.25, -0.2) is 4.39 Å². The Kier molecular flexibility index (Phi) is 4.51. The van der Waals surface area contributed by atoms with E-state index in [2.05, 4.69) is 27.2 Å². The van der Waals surface area contributed by atoms with Crippen LogP contribution in [0, 0.1) is 25.1 Å². The molecule has 1 N–H and O–H groups in total. The van der Waals surface area contributed by atoms with Crippen LogP contribution in [-0.2, 0) is 4.79 Å². The molecule has 1 aromatic rings. The number of amides is 1. The number of carbonyl (C=O) groups excluding carboxylic acids is 1. The summed E-state index contributed by atoms with van der Waals surface area (Å²) in [6, 6.07) is 2.90. The lowest BCUT2D eigenvalue weighted by molar-refractivity contribution is -0.116. The summed E-state index contributed by atoms with van der Waals surface area (Å²) in [5.74, 6) is 1.87. The third-order valence-corrected chi connectivity index (χ3v) is 2.65. The van der Waals surface area contributed by atoms with Gasteiger partial charge in [0, 0.05) is 18.5 Å². The van der Waals surface area contributed by atoms with Gasteiger partial charge < -0.3 is 5.32 Å². The van der Waals surface area contributed by atoms with Crippen molar-refractivity contribution in [2.24, 2.45) is 0 Å². The molecule has 0 atom stereocenters. The summed E-state index contributed by atoms with van der Waals surface area (Å²) in [5, 5.41) is 2.68. The Labute approximate surface area is 102 Å². The van der Waals surface area contributed by atoms with Gasteiger partial charge in [0.25, 0.3) is 0 Å². The van der Waals surface area contributed by atoms with Crippen molar-refractivity contribution < 1.29 is 9.18 Å². The zero-order valence-corrected chi connectivity index (χ0v) is 10.4. The summed E-state index contributed by atoms with van der Waals surface area (Å²) in [7, 11) is 0. The summed E-state index contributed by atoms with van der Waals surface area (Å²) in [6.07, 6.45) is 5.72. The predicted molar refractivity (Wildman–Crippen MR) is 65.5 cm³/mol. The number of aryl methyl sites for hydroxylation is 1. The molecule has 1 aromatic carbocycles. The van der Waals surface area contributed by atoms with Crippen LogP contribution in [0.5, 0.6) is 0 Å². The Bertz CT molecular complexity index is 451. The smallest absolute Gasteiger partial charge is 0.225 e. The van der Waals surface area contributed by atoms with E-state index < -0.39 is 0 Å². The number of halogens is 2. The van der Waals surface area contributed by atoms with E-state index in [0.717, 1.165) is 0 Å². The zero-order chi connectivity index (χ0) is 12.1. The fraction of sp³-hybridized carbons (Fsp3) is 0.250. The average Bonchev–Trinajstić information content (AvgIpc) is 2.23. The van der Waals surface area contributed by atoms with Crippen LogP contribution < -0.4 is 5.32 Å². The Balaban J connectivity index is 2.78. The second-order valence-corrected chi connectivity index (χ2v) is 4.19. The van der Waals surface area contributed by atoms with Gasteiger partial charge in [0.2, 0.25) is 5.91 Å². The van der Waals surface area contributed by atoms with E-state index in [1.807, 2.05) is 0 Å². The minimum atomic E-state index is -0.348. The first kappa shape index (κ1) is 12.7. The third-order valence-electron chi connectivity index (χ3n) is 2.04. The molecule has 0 aliphatic heterocycles. The molecule has 0 spiro atoms. The summed E-state index contributed by atoms with van der Waals surface area (Å²) in [4.78, 5) is 11.4. The van der Waals surface area contributed by atoms with E-state index >= 15 is 0 Å². The third kappa shape index (κ3) is 3.35. The van der Waals surface area contributed by atoms with Gasteiger partial charge in [-0.2, -0.15) is 0 Å². The number of nitrogens with one attached hydrogen (secondary N) is 1. The maximum atomic E-state index is 13.1. The van der Waals surface area contributed by atoms with Gasteiger partial charge in [-0.15, -0.1) is 12.3 Å². The first-order chi connectivity index (χ1) is 7.54. The fourth-order valence-corrected chi connectivity index (χ4v) is 1.52. The van der Waals surface area contributed by atoms with Crippen molar-refractivity contribution in [1.29, 1.82) is 0 Å². The molecule has 16 heavy (non-hydrogen) atoms. The molecule has 1 rings (SSSR count). The second-order valence-electron chi connectivity index (χ2n) is 3.33. The molecule has 4 heteroatoms. The Morgan fingerprint density at radius 3 is 2.94 bits per heavy atom. The van der Waals surface area contributed by atoms with Crippen LogP contribution in [0.25, 0.3) is 0 Å². The van der Waals surface area contributed by atoms with Gasteiger partial charge in [0.1, 0.15) is 5.82 Å². The number of rotatable bonds is 3. The molecule has 84 valence electrons. The number of benzene rings is 1. The van der Waals surface area contributed by atoms with Crippen molar-refractivity contribution in [3.05, 3.63) is 28.0 Å². The van der Waals surface area contributed by atoms with Gasteiger partial charge in [0.15, 0.2) is 0 Å². The normalized spacial score (nSPS) is 9.62. The molecule has 0 saturated carbocycles. The molecule has 0 heterocycles. The van der Waals surface area contributed by atoms with Crippen molar-refractivity contribution in [1.82, 2.24) is 0 Å². The molecule has 0 aliphatic rings. The number of hydrogen-bond donors (Lipinski definition) is 1. The van der Waals surface area contributed by atoms with Crippen molar-refractivity contribution in [3.63, 3.8) is 0 Å². The Morgan fingerprint density at radius 1 is 1.62 bits per heavy atom. The minimum absolute atomic E-state index is 0.167. The van der Waals surface area contributed by atoms with Gasteiger partial charge >= 0.3 is 0 Å². The van der Waals surface area contributed by atoms with E-state index in [4.69, 9.17) is 6.42 Å². The molecule has 0 bridgehead atoms. The van der Waals surface area contributed by atoms with E-state index in [1.165, 1.54) is 6.07 Å². The molecular formula is C12H11BrFNO. The van der Waals surface area contributed by atoms with E-state index in [-0.39, 0.29) is 18.1 Å². The first-order valence-electron chi connectivity index (χ1n) is 4.73. The molecule has 0 radical (unpaired) electrons. The summed E-state index contributed by atoms with van der Waals surface area (Å²) < 4.78 is 13.4. The van der Waals surface area contributed by atoms with Crippen LogP contribution >= 0.6 is 15.9 Å². The SMILES string of the molecule is C#CCCC(=O)Nc1cc(Br)c(F)cc1C. The van der Waals surface area contributed by atoms with Gasteiger partial charge in [-0.1, -0.05) is 0 Å². The highest BCUT2D eigenvalue weighted by molar-refractivity contribution is 9.10. The topological polar surface area (TPSA) is 29.1 Å². The summed E-state index contributed by atoms with van der Waals surface area (Å²) >= 11 is 3.06. The maximum Gasteiger partial charge on any atom is 0.225 e.